The third kappa shape index (κ3) is 2.95. The first-order valence-corrected chi connectivity index (χ1v) is 7.52. The second-order valence-corrected chi connectivity index (χ2v) is 6.06. The minimum atomic E-state index is -0.550. The highest BCUT2D eigenvalue weighted by molar-refractivity contribution is 9.09. The molecule has 0 fully saturated rings. The normalized spacial score (nSPS) is 12.3. The summed E-state index contributed by atoms with van der Waals surface area (Å²) in [5.74, 6) is -0.266. The molecule has 21 heavy (non-hydrogen) atoms. The Hall–Kier alpha value is -1.42. The van der Waals surface area contributed by atoms with Gasteiger partial charge in [0, 0.05) is 5.56 Å². The number of alkyl halides is 1. The van der Waals surface area contributed by atoms with E-state index in [1.807, 2.05) is 26.0 Å². The predicted octanol–water partition coefficient (Wildman–Crippen LogP) is 5.38. The van der Waals surface area contributed by atoms with Gasteiger partial charge in [0.1, 0.15) is 17.4 Å². The van der Waals surface area contributed by atoms with Crippen molar-refractivity contribution < 1.29 is 13.5 Å². The summed E-state index contributed by atoms with van der Waals surface area (Å²) in [7, 11) is 1.61. The fourth-order valence-electron chi connectivity index (χ4n) is 2.53. The molecule has 2 aromatic rings. The highest BCUT2D eigenvalue weighted by Gasteiger charge is 2.22. The van der Waals surface area contributed by atoms with E-state index in [-0.39, 0.29) is 5.56 Å². The molecule has 4 heteroatoms. The minimum Gasteiger partial charge on any atom is -0.496 e. The zero-order valence-corrected chi connectivity index (χ0v) is 14.0. The maximum atomic E-state index is 14.3. The van der Waals surface area contributed by atoms with Crippen LogP contribution >= 0.6 is 15.9 Å². The van der Waals surface area contributed by atoms with Gasteiger partial charge in [0.05, 0.1) is 11.9 Å². The van der Waals surface area contributed by atoms with E-state index >= 15 is 0 Å². The second-order valence-electron chi connectivity index (χ2n) is 5.14. The van der Waals surface area contributed by atoms with Gasteiger partial charge in [-0.3, -0.25) is 0 Å². The predicted molar refractivity (Wildman–Crippen MR) is 84.3 cm³/mol. The smallest absolute Gasteiger partial charge is 0.133 e. The molecule has 0 aliphatic carbocycles. The van der Waals surface area contributed by atoms with Crippen molar-refractivity contribution >= 4 is 15.9 Å². The molecule has 0 spiro atoms. The fraction of sp³-hybridized carbons (Fsp3) is 0.294. The van der Waals surface area contributed by atoms with Crippen LogP contribution in [0, 0.1) is 32.4 Å². The van der Waals surface area contributed by atoms with Gasteiger partial charge in [0.15, 0.2) is 0 Å². The summed E-state index contributed by atoms with van der Waals surface area (Å²) < 4.78 is 33.6. The Kier molecular flexibility index (Phi) is 4.67. The number of methoxy groups -OCH3 is 1. The van der Waals surface area contributed by atoms with Crippen molar-refractivity contribution in [2.45, 2.75) is 25.6 Å². The topological polar surface area (TPSA) is 9.23 Å². The molecule has 1 unspecified atom stereocenters. The lowest BCUT2D eigenvalue weighted by Crippen LogP contribution is -2.04. The molecule has 0 heterocycles. The zero-order chi connectivity index (χ0) is 15.7. The highest BCUT2D eigenvalue weighted by Crippen LogP contribution is 2.38. The Labute approximate surface area is 132 Å². The van der Waals surface area contributed by atoms with Gasteiger partial charge in [-0.15, -0.1) is 0 Å². The average Bonchev–Trinajstić information content (AvgIpc) is 2.43. The van der Waals surface area contributed by atoms with E-state index in [0.29, 0.717) is 5.56 Å². The van der Waals surface area contributed by atoms with E-state index in [0.717, 1.165) is 22.4 Å². The van der Waals surface area contributed by atoms with E-state index in [9.17, 15) is 8.78 Å². The van der Waals surface area contributed by atoms with Crippen LogP contribution in [0.2, 0.25) is 0 Å². The van der Waals surface area contributed by atoms with Gasteiger partial charge in [-0.2, -0.15) is 0 Å². The monoisotopic (exact) mass is 354 g/mol. The molecule has 0 aliphatic rings. The number of halogens is 3. The van der Waals surface area contributed by atoms with Crippen LogP contribution in [0.1, 0.15) is 32.6 Å². The summed E-state index contributed by atoms with van der Waals surface area (Å²) in [6, 6.07) is 6.50. The lowest BCUT2D eigenvalue weighted by Gasteiger charge is -2.17. The molecular formula is C17H17BrF2O. The van der Waals surface area contributed by atoms with E-state index in [1.54, 1.807) is 14.0 Å². The van der Waals surface area contributed by atoms with Crippen molar-refractivity contribution in [3.8, 4) is 5.75 Å². The molecular weight excluding hydrogens is 338 g/mol. The van der Waals surface area contributed by atoms with Crippen molar-refractivity contribution in [3.63, 3.8) is 0 Å². The molecule has 0 aliphatic heterocycles. The number of benzene rings is 2. The van der Waals surface area contributed by atoms with Crippen LogP contribution < -0.4 is 4.74 Å². The van der Waals surface area contributed by atoms with E-state index in [4.69, 9.17) is 4.74 Å². The van der Waals surface area contributed by atoms with Gasteiger partial charge >= 0.3 is 0 Å². The van der Waals surface area contributed by atoms with E-state index in [2.05, 4.69) is 15.9 Å². The molecule has 2 aromatic carbocycles. The van der Waals surface area contributed by atoms with Gasteiger partial charge in [-0.1, -0.05) is 34.1 Å². The summed E-state index contributed by atoms with van der Waals surface area (Å²) in [5.41, 5.74) is 3.14. The third-order valence-electron chi connectivity index (χ3n) is 3.55. The second kappa shape index (κ2) is 6.14. The molecule has 0 amide bonds. The summed E-state index contributed by atoms with van der Waals surface area (Å²) in [5, 5.41) is 0. The first-order chi connectivity index (χ1) is 9.86. The number of ether oxygens (including phenoxy) is 1. The molecule has 0 radical (unpaired) electrons. The lowest BCUT2D eigenvalue weighted by molar-refractivity contribution is 0.408. The van der Waals surface area contributed by atoms with Crippen LogP contribution in [-0.2, 0) is 0 Å². The van der Waals surface area contributed by atoms with Gasteiger partial charge in [0.2, 0.25) is 0 Å². The molecule has 112 valence electrons. The van der Waals surface area contributed by atoms with Crippen LogP contribution in [0.4, 0.5) is 8.78 Å². The fourth-order valence-corrected chi connectivity index (χ4v) is 3.21. The number of rotatable bonds is 3. The van der Waals surface area contributed by atoms with Gasteiger partial charge in [0.25, 0.3) is 0 Å². The Morgan fingerprint density at radius 1 is 1.00 bits per heavy atom. The highest BCUT2D eigenvalue weighted by atomic mass is 79.9. The molecule has 0 aromatic heterocycles. The van der Waals surface area contributed by atoms with Crippen molar-refractivity contribution in [2.24, 2.45) is 0 Å². The SMILES string of the molecule is COc1c(C)cc(C(Br)c2c(F)ccc(C)c2F)cc1C. The first kappa shape index (κ1) is 16.0. The summed E-state index contributed by atoms with van der Waals surface area (Å²) in [4.78, 5) is -0.541. The minimum absolute atomic E-state index is 0.0407. The number of hydrogen-bond donors (Lipinski definition) is 0. The summed E-state index contributed by atoms with van der Waals surface area (Å²) in [6.07, 6.45) is 0. The molecule has 0 bridgehead atoms. The molecule has 1 nitrogen and oxygen atoms in total. The quantitative estimate of drug-likeness (QED) is 0.672. The van der Waals surface area contributed by atoms with Crippen molar-refractivity contribution in [1.29, 1.82) is 0 Å². The van der Waals surface area contributed by atoms with Crippen LogP contribution in [0.15, 0.2) is 24.3 Å². The van der Waals surface area contributed by atoms with Crippen molar-refractivity contribution in [2.75, 3.05) is 7.11 Å². The lowest BCUT2D eigenvalue weighted by atomic mass is 9.98. The van der Waals surface area contributed by atoms with E-state index in [1.165, 1.54) is 12.1 Å². The van der Waals surface area contributed by atoms with Crippen LogP contribution in [0.3, 0.4) is 0 Å². The number of aryl methyl sites for hydroxylation is 3. The maximum Gasteiger partial charge on any atom is 0.133 e. The number of hydrogen-bond acceptors (Lipinski definition) is 1. The maximum absolute atomic E-state index is 14.3. The Morgan fingerprint density at radius 2 is 1.57 bits per heavy atom. The Bertz CT molecular complexity index is 660. The first-order valence-electron chi connectivity index (χ1n) is 6.60. The van der Waals surface area contributed by atoms with Crippen LogP contribution in [0.5, 0.6) is 5.75 Å². The Balaban J connectivity index is 2.56. The molecule has 1 atom stereocenters. The van der Waals surface area contributed by atoms with Crippen molar-refractivity contribution in [3.05, 3.63) is 63.7 Å². The van der Waals surface area contributed by atoms with E-state index < -0.39 is 16.5 Å². The molecule has 0 saturated heterocycles. The Morgan fingerprint density at radius 3 is 2.10 bits per heavy atom. The zero-order valence-electron chi connectivity index (χ0n) is 12.4. The van der Waals surface area contributed by atoms with Crippen molar-refractivity contribution in [1.82, 2.24) is 0 Å². The molecule has 0 saturated carbocycles. The van der Waals surface area contributed by atoms with Crippen LogP contribution in [-0.4, -0.2) is 7.11 Å². The van der Waals surface area contributed by atoms with Crippen LogP contribution in [0.25, 0.3) is 0 Å². The van der Waals surface area contributed by atoms with Gasteiger partial charge in [-0.05, 0) is 49.1 Å². The van der Waals surface area contributed by atoms with Gasteiger partial charge in [-0.25, -0.2) is 8.78 Å². The summed E-state index contributed by atoms with van der Waals surface area (Å²) in [6.45, 7) is 5.46. The van der Waals surface area contributed by atoms with Gasteiger partial charge < -0.3 is 4.74 Å². The standard InChI is InChI=1S/C17H17BrF2O/c1-9-5-6-13(19)14(16(9)20)15(18)12-7-10(2)17(21-4)11(3)8-12/h5-8,15H,1-4H3. The third-order valence-corrected chi connectivity index (χ3v) is 4.54. The average molecular weight is 355 g/mol. The largest absolute Gasteiger partial charge is 0.496 e. The summed E-state index contributed by atoms with van der Waals surface area (Å²) >= 11 is 3.42. The molecule has 2 rings (SSSR count). The molecule has 0 N–H and O–H groups in total.